The van der Waals surface area contributed by atoms with Crippen LogP contribution in [0.5, 0.6) is 0 Å². The van der Waals surface area contributed by atoms with Gasteiger partial charge in [0.15, 0.2) is 5.82 Å². The molecular formula is C14H16ClIN4. The molecule has 0 atom stereocenters. The van der Waals surface area contributed by atoms with Crippen LogP contribution in [0.25, 0.3) is 11.4 Å². The fourth-order valence-corrected chi connectivity index (χ4v) is 3.60. The Morgan fingerprint density at radius 3 is 2.60 bits per heavy atom. The van der Waals surface area contributed by atoms with Crippen molar-refractivity contribution < 1.29 is 0 Å². The molecule has 0 aliphatic heterocycles. The Bertz CT molecular complexity index is 647. The van der Waals surface area contributed by atoms with Gasteiger partial charge in [0.1, 0.15) is 5.15 Å². The average molecular weight is 403 g/mol. The summed E-state index contributed by atoms with van der Waals surface area (Å²) in [6, 6.07) is 0. The van der Waals surface area contributed by atoms with Crippen LogP contribution in [0, 0.1) is 10.5 Å². The summed E-state index contributed by atoms with van der Waals surface area (Å²) < 4.78 is 2.83. The summed E-state index contributed by atoms with van der Waals surface area (Å²) in [6.45, 7) is 2.02. The summed E-state index contributed by atoms with van der Waals surface area (Å²) in [7, 11) is 1.92. The molecule has 2 aromatic rings. The van der Waals surface area contributed by atoms with Crippen LogP contribution in [0.15, 0.2) is 6.20 Å². The monoisotopic (exact) mass is 402 g/mol. The van der Waals surface area contributed by atoms with Crippen LogP contribution in [0.4, 0.5) is 0 Å². The van der Waals surface area contributed by atoms with Crippen LogP contribution in [0.2, 0.25) is 5.15 Å². The van der Waals surface area contributed by atoms with Crippen LogP contribution in [0.1, 0.15) is 43.0 Å². The molecule has 6 heteroatoms. The van der Waals surface area contributed by atoms with Crippen LogP contribution >= 0.6 is 34.2 Å². The van der Waals surface area contributed by atoms with Gasteiger partial charge in [0, 0.05) is 18.7 Å². The fourth-order valence-electron chi connectivity index (χ4n) is 2.74. The van der Waals surface area contributed by atoms with Crippen molar-refractivity contribution in [3.8, 4) is 11.4 Å². The van der Waals surface area contributed by atoms with Gasteiger partial charge in [-0.25, -0.2) is 9.97 Å². The smallest absolute Gasteiger partial charge is 0.164 e. The molecule has 4 nitrogen and oxygen atoms in total. The second-order valence-corrected chi connectivity index (χ2v) is 6.72. The Hall–Kier alpha value is -0.690. The first kappa shape index (κ1) is 14.3. The highest BCUT2D eigenvalue weighted by Gasteiger charge is 2.24. The zero-order valence-electron chi connectivity index (χ0n) is 11.5. The van der Waals surface area contributed by atoms with E-state index in [2.05, 4.69) is 32.7 Å². The van der Waals surface area contributed by atoms with Gasteiger partial charge >= 0.3 is 0 Å². The molecule has 1 aliphatic carbocycles. The zero-order valence-corrected chi connectivity index (χ0v) is 14.4. The van der Waals surface area contributed by atoms with Gasteiger partial charge in [0.05, 0.1) is 21.0 Å². The summed E-state index contributed by atoms with van der Waals surface area (Å²) in [5.74, 6) is 1.22. The molecular weight excluding hydrogens is 387 g/mol. The van der Waals surface area contributed by atoms with E-state index in [1.165, 1.54) is 25.7 Å². The molecule has 0 N–H and O–H groups in total. The quantitative estimate of drug-likeness (QED) is 0.561. The van der Waals surface area contributed by atoms with E-state index in [1.807, 2.05) is 24.9 Å². The van der Waals surface area contributed by atoms with E-state index in [0.29, 0.717) is 16.9 Å². The first-order chi connectivity index (χ1) is 9.58. The van der Waals surface area contributed by atoms with Gasteiger partial charge in [0.2, 0.25) is 0 Å². The van der Waals surface area contributed by atoms with Gasteiger partial charge in [0.25, 0.3) is 0 Å². The lowest BCUT2D eigenvalue weighted by molar-refractivity contribution is 0.690. The van der Waals surface area contributed by atoms with Gasteiger partial charge < -0.3 is 0 Å². The van der Waals surface area contributed by atoms with Crippen molar-refractivity contribution in [2.24, 2.45) is 7.05 Å². The number of nitrogens with zero attached hydrogens (tertiary/aromatic N) is 4. The Balaban J connectivity index is 2.10. The normalized spacial score (nSPS) is 16.0. The van der Waals surface area contributed by atoms with E-state index < -0.39 is 0 Å². The topological polar surface area (TPSA) is 43.6 Å². The minimum Gasteiger partial charge on any atom is -0.272 e. The Kier molecular flexibility index (Phi) is 3.99. The summed E-state index contributed by atoms with van der Waals surface area (Å²) in [4.78, 5) is 9.25. The molecule has 1 fully saturated rings. The Labute approximate surface area is 137 Å². The molecule has 20 heavy (non-hydrogen) atoms. The fraction of sp³-hybridized carbons (Fsp3) is 0.500. The molecule has 0 amide bonds. The van der Waals surface area contributed by atoms with Gasteiger partial charge in [-0.2, -0.15) is 5.10 Å². The lowest BCUT2D eigenvalue weighted by atomic mass is 10.0. The van der Waals surface area contributed by atoms with Crippen molar-refractivity contribution in [2.45, 2.75) is 38.5 Å². The maximum atomic E-state index is 6.32. The Morgan fingerprint density at radius 2 is 2.00 bits per heavy atom. The summed E-state index contributed by atoms with van der Waals surface area (Å²) in [6.07, 6.45) is 6.78. The van der Waals surface area contributed by atoms with E-state index in [9.17, 15) is 0 Å². The second-order valence-electron chi connectivity index (χ2n) is 5.29. The largest absolute Gasteiger partial charge is 0.272 e. The number of aryl methyl sites for hydroxylation is 1. The molecule has 3 rings (SSSR count). The van der Waals surface area contributed by atoms with Crippen molar-refractivity contribution >= 4 is 34.2 Å². The molecule has 0 saturated heterocycles. The minimum atomic E-state index is 0.526. The summed E-state index contributed by atoms with van der Waals surface area (Å²) in [5, 5.41) is 4.82. The van der Waals surface area contributed by atoms with E-state index in [-0.39, 0.29) is 0 Å². The van der Waals surface area contributed by atoms with Crippen molar-refractivity contribution in [3.63, 3.8) is 0 Å². The number of hydrogen-bond donors (Lipinski definition) is 0. The van der Waals surface area contributed by atoms with Crippen molar-refractivity contribution in [2.75, 3.05) is 0 Å². The first-order valence-corrected chi connectivity index (χ1v) is 8.25. The molecule has 106 valence electrons. The van der Waals surface area contributed by atoms with Gasteiger partial charge in [-0.1, -0.05) is 24.4 Å². The molecule has 0 aromatic carbocycles. The second kappa shape index (κ2) is 5.60. The van der Waals surface area contributed by atoms with Gasteiger partial charge in [-0.15, -0.1) is 0 Å². The molecule has 0 spiro atoms. The third-order valence-corrected chi connectivity index (χ3v) is 5.71. The molecule has 1 aliphatic rings. The maximum absolute atomic E-state index is 6.32. The van der Waals surface area contributed by atoms with Crippen molar-refractivity contribution in [3.05, 3.63) is 26.3 Å². The van der Waals surface area contributed by atoms with E-state index >= 15 is 0 Å². The summed E-state index contributed by atoms with van der Waals surface area (Å²) >= 11 is 8.59. The van der Waals surface area contributed by atoms with E-state index in [1.54, 1.807) is 0 Å². The highest BCUT2D eigenvalue weighted by Crippen LogP contribution is 2.37. The van der Waals surface area contributed by atoms with Gasteiger partial charge in [-0.05, 0) is 42.4 Å². The van der Waals surface area contributed by atoms with Gasteiger partial charge in [-0.3, -0.25) is 4.68 Å². The third kappa shape index (κ3) is 2.45. The number of halogens is 2. The highest BCUT2D eigenvalue weighted by atomic mass is 127. The van der Waals surface area contributed by atoms with Crippen molar-refractivity contribution in [1.29, 1.82) is 0 Å². The van der Waals surface area contributed by atoms with E-state index in [4.69, 9.17) is 16.6 Å². The van der Waals surface area contributed by atoms with Crippen LogP contribution in [0.3, 0.4) is 0 Å². The van der Waals surface area contributed by atoms with Crippen molar-refractivity contribution in [1.82, 2.24) is 19.7 Å². The van der Waals surface area contributed by atoms with Crippen LogP contribution in [-0.4, -0.2) is 19.7 Å². The lowest BCUT2D eigenvalue weighted by Crippen LogP contribution is -2.05. The molecule has 0 radical (unpaired) electrons. The molecule has 2 aromatic heterocycles. The maximum Gasteiger partial charge on any atom is 0.164 e. The summed E-state index contributed by atoms with van der Waals surface area (Å²) in [5.41, 5.74) is 3.13. The molecule has 1 saturated carbocycles. The molecule has 0 unspecified atom stereocenters. The third-order valence-electron chi connectivity index (χ3n) is 4.05. The lowest BCUT2D eigenvalue weighted by Gasteiger charge is -2.13. The zero-order chi connectivity index (χ0) is 14.3. The van der Waals surface area contributed by atoms with Crippen LogP contribution in [-0.2, 0) is 7.05 Å². The average Bonchev–Trinajstić information content (AvgIpc) is 3.05. The predicted octanol–water partition coefficient (Wildman–Crippen LogP) is 4.10. The SMILES string of the molecule is Cc1c(-c2nc(Cl)c(I)c(C3CCCC3)n2)cnn1C. The standard InChI is InChI=1S/C14H16ClIN4/c1-8-10(7-17-20(8)2)14-18-12(9-5-3-4-6-9)11(16)13(15)19-14/h7,9H,3-6H2,1-2H3. The Morgan fingerprint density at radius 1 is 1.30 bits per heavy atom. The highest BCUT2D eigenvalue weighted by molar-refractivity contribution is 14.1. The minimum absolute atomic E-state index is 0.526. The number of rotatable bonds is 2. The van der Waals surface area contributed by atoms with Crippen LogP contribution < -0.4 is 0 Å². The molecule has 2 heterocycles. The van der Waals surface area contributed by atoms with E-state index in [0.717, 1.165) is 20.5 Å². The number of hydrogen-bond acceptors (Lipinski definition) is 3. The first-order valence-electron chi connectivity index (χ1n) is 6.80. The molecule has 0 bridgehead atoms. The predicted molar refractivity (Wildman–Crippen MR) is 87.9 cm³/mol. The number of aromatic nitrogens is 4.